The minimum Gasteiger partial charge on any atom is -0.306 e. The van der Waals surface area contributed by atoms with Crippen molar-refractivity contribution in [3.05, 3.63) is 0 Å². The van der Waals surface area contributed by atoms with E-state index >= 15 is 0 Å². The third-order valence-electron chi connectivity index (χ3n) is 2.35. The van der Waals surface area contributed by atoms with Crippen molar-refractivity contribution in [3.8, 4) is 0 Å². The van der Waals surface area contributed by atoms with Gasteiger partial charge in [-0.1, -0.05) is 32.6 Å². The molecule has 2 heteroatoms. The van der Waals surface area contributed by atoms with Crippen LogP contribution in [0, 0.1) is 5.92 Å². The number of rotatable bonds is 1. The maximum atomic E-state index is 3.67. The van der Waals surface area contributed by atoms with Gasteiger partial charge < -0.3 is 12.9 Å². The quantitative estimate of drug-likeness (QED) is 0.572. The molecule has 0 heterocycles. The molecule has 0 unspecified atom stereocenters. The van der Waals surface area contributed by atoms with E-state index in [9.17, 15) is 0 Å². The average molecular weight is 201 g/mol. The van der Waals surface area contributed by atoms with Crippen molar-refractivity contribution >= 4 is 31.1 Å². The van der Waals surface area contributed by atoms with Crippen LogP contribution >= 0.6 is 12.9 Å². The van der Waals surface area contributed by atoms with Gasteiger partial charge in [-0.2, -0.15) is 0 Å². The van der Waals surface area contributed by atoms with Crippen LogP contribution in [0.2, 0.25) is 4.05 Å². The summed E-state index contributed by atoms with van der Waals surface area (Å²) in [6.45, 7) is 2.38. The summed E-state index contributed by atoms with van der Waals surface area (Å²) in [5.41, 5.74) is 0. The van der Waals surface area contributed by atoms with Crippen molar-refractivity contribution in [3.63, 3.8) is 0 Å². The van der Waals surface area contributed by atoms with Crippen LogP contribution in [0.4, 0.5) is 0 Å². The van der Waals surface area contributed by atoms with Crippen LogP contribution in [-0.4, -0.2) is 18.2 Å². The van der Waals surface area contributed by atoms with Gasteiger partial charge in [0.15, 0.2) is 0 Å². The van der Waals surface area contributed by atoms with Crippen molar-refractivity contribution in [1.29, 1.82) is 0 Å². The Kier molecular flexibility index (Phi) is 3.89. The van der Waals surface area contributed by atoms with Crippen molar-refractivity contribution in [2.45, 2.75) is 36.7 Å². The van der Waals surface area contributed by atoms with Crippen molar-refractivity contribution in [2.24, 2.45) is 5.92 Å². The summed E-state index contributed by atoms with van der Waals surface area (Å²) in [6.07, 6.45) is 6.00. The Hall–Kier alpha value is 1.25. The molecule has 0 bridgehead atoms. The highest BCUT2D eigenvalue weighted by molar-refractivity contribution is 9.23. The van der Waals surface area contributed by atoms with Gasteiger partial charge in [0, 0.05) is 0 Å². The summed E-state index contributed by atoms with van der Waals surface area (Å²) in [5, 5.41) is 0. The zero-order chi connectivity index (χ0) is 6.69. The fraction of sp³-hybridized carbons (Fsp3) is 1.00. The normalized spacial score (nSPS) is 35.8. The smallest absolute Gasteiger partial charge is 0.306 e. The molecule has 0 saturated heterocycles. The van der Waals surface area contributed by atoms with Crippen LogP contribution in [0.15, 0.2) is 0 Å². The maximum Gasteiger partial charge on any atom is 0.471 e. The van der Waals surface area contributed by atoms with E-state index in [1.165, 1.54) is 25.7 Å². The summed E-state index contributed by atoms with van der Waals surface area (Å²) in [5.74, 6) is 1.02. The predicted octanol–water partition coefficient (Wildman–Crippen LogP) is 3.00. The number of hydrogen-bond acceptors (Lipinski definition) is 0. The van der Waals surface area contributed by atoms with Gasteiger partial charge in [0.25, 0.3) is 0 Å². The molecule has 1 aliphatic rings. The lowest BCUT2D eigenvalue weighted by Gasteiger charge is -2.24. The summed E-state index contributed by atoms with van der Waals surface area (Å²) in [4.78, 5) is 0. The fourth-order valence-corrected chi connectivity index (χ4v) is 4.21. The van der Waals surface area contributed by atoms with E-state index in [1.807, 2.05) is 0 Å². The third-order valence-corrected chi connectivity index (χ3v) is 6.35. The van der Waals surface area contributed by atoms with E-state index < -0.39 is 0 Å². The topological polar surface area (TPSA) is 0 Å². The fourth-order valence-electron chi connectivity index (χ4n) is 1.48. The van der Waals surface area contributed by atoms with Gasteiger partial charge in [-0.3, -0.25) is 0 Å². The first-order chi connectivity index (χ1) is 4.33. The van der Waals surface area contributed by atoms with Gasteiger partial charge in [0.05, 0.1) is 0 Å². The van der Waals surface area contributed by atoms with Gasteiger partial charge >= 0.3 is 18.2 Å². The summed E-state index contributed by atoms with van der Waals surface area (Å²) in [7, 11) is 0. The van der Waals surface area contributed by atoms with Crippen LogP contribution in [0.25, 0.3) is 0 Å². The molecule has 0 aromatic carbocycles. The molecule has 0 aromatic rings. The van der Waals surface area contributed by atoms with E-state index in [-0.39, 0.29) is 18.2 Å². The highest BCUT2D eigenvalue weighted by Gasteiger charge is 2.17. The van der Waals surface area contributed by atoms with E-state index in [2.05, 4.69) is 19.8 Å². The molecule has 1 aliphatic carbocycles. The highest BCUT2D eigenvalue weighted by atomic mass is 79.9. The minimum atomic E-state index is 0.158. The Labute approximate surface area is 73.4 Å². The molecule has 0 radical (unpaired) electrons. The lowest BCUT2D eigenvalue weighted by Crippen LogP contribution is -2.09. The first-order valence-corrected chi connectivity index (χ1v) is 8.60. The predicted molar refractivity (Wildman–Crippen MR) is 46.1 cm³/mol. The number of halogens is 1. The first-order valence-electron chi connectivity index (χ1n) is 3.89. The van der Waals surface area contributed by atoms with E-state index in [0.29, 0.717) is 0 Å². The van der Waals surface area contributed by atoms with E-state index in [4.69, 9.17) is 0 Å². The molecule has 0 N–H and O–H groups in total. The molecular weight excluding hydrogens is 188 g/mol. The van der Waals surface area contributed by atoms with Crippen molar-refractivity contribution in [1.82, 2.24) is 0 Å². The molecule has 1 saturated carbocycles. The summed E-state index contributed by atoms with van der Waals surface area (Å²) >= 11 is 3.83. The lowest BCUT2D eigenvalue weighted by molar-refractivity contribution is 0.385. The molecule has 0 spiro atoms. The van der Waals surface area contributed by atoms with Gasteiger partial charge in [-0.25, -0.2) is 0 Å². The third kappa shape index (κ3) is 2.77. The second-order valence-electron chi connectivity index (χ2n) is 3.28. The summed E-state index contributed by atoms with van der Waals surface area (Å²) in [6, 6.07) is 0. The van der Waals surface area contributed by atoms with E-state index in [0.717, 1.165) is 9.97 Å². The van der Waals surface area contributed by atoms with Crippen LogP contribution < -0.4 is 0 Å². The van der Waals surface area contributed by atoms with Crippen LogP contribution in [0.5, 0.6) is 0 Å². The van der Waals surface area contributed by atoms with Crippen LogP contribution in [0.3, 0.4) is 0 Å². The Bertz CT molecular complexity index is 77.0. The van der Waals surface area contributed by atoms with Gasteiger partial charge in [-0.15, -0.1) is 4.05 Å². The van der Waals surface area contributed by atoms with Crippen molar-refractivity contribution in [2.75, 3.05) is 0 Å². The highest BCUT2D eigenvalue weighted by Crippen LogP contribution is 2.32. The molecule has 0 aromatic heterocycles. The molecule has 0 nitrogen and oxygen atoms in total. The molecule has 0 aliphatic heterocycles. The summed E-state index contributed by atoms with van der Waals surface area (Å²) < 4.78 is 1.13. The Balaban J connectivity index is 2.18. The standard InChI is InChI=1S/C7H13.BrH.Mg/c1-7-5-3-2-4-6-7;;/h2,7H,3-6H2,1H3;1H;/q;;+1/p-1. The molecule has 9 heavy (non-hydrogen) atoms. The lowest BCUT2D eigenvalue weighted by atomic mass is 9.90. The van der Waals surface area contributed by atoms with Gasteiger partial charge in [-0.05, 0) is 5.92 Å². The van der Waals surface area contributed by atoms with Crippen LogP contribution in [0.1, 0.15) is 32.6 Å². The zero-order valence-corrected chi connectivity index (χ0v) is 9.07. The molecular formula is C7H13BrMg. The molecule has 50 valence electrons. The van der Waals surface area contributed by atoms with Gasteiger partial charge in [0.1, 0.15) is 0 Å². The van der Waals surface area contributed by atoms with Crippen LogP contribution in [-0.2, 0) is 0 Å². The Morgan fingerprint density at radius 2 is 1.78 bits per heavy atom. The Morgan fingerprint density at radius 1 is 1.22 bits per heavy atom. The average Bonchev–Trinajstić information content (AvgIpc) is 1.90. The van der Waals surface area contributed by atoms with Crippen molar-refractivity contribution < 1.29 is 0 Å². The molecule has 1 rings (SSSR count). The molecule has 0 amide bonds. The second-order valence-corrected chi connectivity index (χ2v) is 6.69. The number of hydrogen-bond donors (Lipinski definition) is 0. The van der Waals surface area contributed by atoms with E-state index in [1.54, 1.807) is 0 Å². The second kappa shape index (κ2) is 4.19. The first kappa shape index (κ1) is 8.34. The van der Waals surface area contributed by atoms with Gasteiger partial charge in [0.2, 0.25) is 0 Å². The minimum absolute atomic E-state index is 0.158. The molecule has 0 atom stereocenters. The zero-order valence-electron chi connectivity index (χ0n) is 6.07. The largest absolute Gasteiger partial charge is 0.471 e. The Morgan fingerprint density at radius 3 is 2.22 bits per heavy atom. The monoisotopic (exact) mass is 200 g/mol. The molecule has 1 fully saturated rings. The SMILES string of the molecule is CC1CC[CH]([Mg][Br])CC1. The maximum absolute atomic E-state index is 3.67.